The second kappa shape index (κ2) is 5.81. The van der Waals surface area contributed by atoms with Crippen molar-refractivity contribution in [2.75, 3.05) is 19.6 Å². The van der Waals surface area contributed by atoms with Crippen LogP contribution >= 0.6 is 0 Å². The van der Waals surface area contributed by atoms with Crippen molar-refractivity contribution in [3.8, 4) is 0 Å². The highest BCUT2D eigenvalue weighted by atomic mass is 16.2. The van der Waals surface area contributed by atoms with Gasteiger partial charge in [0.2, 0.25) is 0 Å². The molecule has 2 N–H and O–H groups in total. The zero-order valence-corrected chi connectivity index (χ0v) is 15.7. The second-order valence-electron chi connectivity index (χ2n) is 9.37. The van der Waals surface area contributed by atoms with Crippen LogP contribution in [0.1, 0.15) is 53.9 Å². The van der Waals surface area contributed by atoms with Crippen molar-refractivity contribution in [2.45, 2.75) is 72.0 Å². The Morgan fingerprint density at radius 3 is 2.08 bits per heavy atom. The van der Waals surface area contributed by atoms with Gasteiger partial charge in [-0.05, 0) is 43.9 Å². The molecule has 0 radical (unpaired) electrons. The predicted octanol–water partition coefficient (Wildman–Crippen LogP) is 2.40. The molecule has 4 atom stereocenters. The van der Waals surface area contributed by atoms with Gasteiger partial charge in [0.25, 0.3) is 0 Å². The number of rotatable bonds is 3. The lowest BCUT2D eigenvalue weighted by atomic mass is 9.62. The van der Waals surface area contributed by atoms with Crippen molar-refractivity contribution in [3.63, 3.8) is 0 Å². The van der Waals surface area contributed by atoms with Gasteiger partial charge in [-0.2, -0.15) is 0 Å². The van der Waals surface area contributed by atoms with Crippen LogP contribution in [-0.2, 0) is 0 Å². The average molecular weight is 336 g/mol. The molecule has 4 unspecified atom stereocenters. The van der Waals surface area contributed by atoms with E-state index in [0.717, 1.165) is 32.4 Å². The van der Waals surface area contributed by atoms with Crippen molar-refractivity contribution >= 4 is 12.1 Å². The van der Waals surface area contributed by atoms with Gasteiger partial charge in [0, 0.05) is 37.8 Å². The highest BCUT2D eigenvalue weighted by Gasteiger charge is 2.44. The van der Waals surface area contributed by atoms with E-state index >= 15 is 0 Å². The fourth-order valence-electron chi connectivity index (χ4n) is 4.56. The van der Waals surface area contributed by atoms with Crippen molar-refractivity contribution in [1.29, 1.82) is 0 Å². The zero-order valence-electron chi connectivity index (χ0n) is 15.7. The second-order valence-corrected chi connectivity index (χ2v) is 9.37. The molecule has 2 saturated heterocycles. The Labute approximate surface area is 145 Å². The molecule has 1 aliphatic carbocycles. The van der Waals surface area contributed by atoms with Gasteiger partial charge in [-0.15, -0.1) is 0 Å². The van der Waals surface area contributed by atoms with E-state index in [4.69, 9.17) is 0 Å². The molecule has 3 aliphatic rings. The number of nitrogens with zero attached hydrogens (tertiary/aromatic N) is 2. The topological polar surface area (TPSA) is 64.2 Å². The number of hydrogen-bond donors (Lipinski definition) is 2. The van der Waals surface area contributed by atoms with Gasteiger partial charge in [-0.1, -0.05) is 20.8 Å². The van der Waals surface area contributed by atoms with Crippen LogP contribution in [-0.4, -0.2) is 59.6 Å². The maximum Gasteiger partial charge on any atom is 0.317 e. The van der Waals surface area contributed by atoms with Crippen LogP contribution in [0.4, 0.5) is 9.59 Å². The molecule has 6 heteroatoms. The minimum atomic E-state index is 0.0130. The molecule has 3 fully saturated rings. The van der Waals surface area contributed by atoms with E-state index in [1.807, 2.05) is 9.80 Å². The molecule has 0 aromatic heterocycles. The molecular weight excluding hydrogens is 304 g/mol. The Morgan fingerprint density at radius 2 is 1.54 bits per heavy atom. The molecule has 3 rings (SSSR count). The number of carbonyl (C=O) groups excluding carboxylic acids is 2. The average Bonchev–Trinajstić information content (AvgIpc) is 3.32. The molecule has 6 nitrogen and oxygen atoms in total. The van der Waals surface area contributed by atoms with E-state index in [-0.39, 0.29) is 28.9 Å². The van der Waals surface area contributed by atoms with Crippen LogP contribution in [0.5, 0.6) is 0 Å². The summed E-state index contributed by atoms with van der Waals surface area (Å²) in [4.78, 5) is 28.0. The number of carbonyl (C=O) groups is 2. The normalized spacial score (nSPS) is 37.0. The summed E-state index contributed by atoms with van der Waals surface area (Å²) in [5.74, 6) is 0. The van der Waals surface area contributed by atoms with Gasteiger partial charge in [-0.3, -0.25) is 0 Å². The van der Waals surface area contributed by atoms with Crippen LogP contribution in [0.15, 0.2) is 0 Å². The number of urea groups is 2. The third kappa shape index (κ3) is 3.95. The van der Waals surface area contributed by atoms with Gasteiger partial charge in [-0.25, -0.2) is 9.59 Å². The summed E-state index contributed by atoms with van der Waals surface area (Å²) < 4.78 is 0. The minimum Gasteiger partial charge on any atom is -0.337 e. The van der Waals surface area contributed by atoms with Crippen LogP contribution in [0, 0.1) is 10.8 Å². The molecule has 2 aliphatic heterocycles. The highest BCUT2D eigenvalue weighted by Crippen LogP contribution is 2.46. The van der Waals surface area contributed by atoms with Crippen LogP contribution in [0.25, 0.3) is 0 Å². The Hall–Kier alpha value is -1.46. The Balaban J connectivity index is 1.57. The van der Waals surface area contributed by atoms with E-state index in [2.05, 4.69) is 45.3 Å². The lowest BCUT2D eigenvalue weighted by molar-refractivity contribution is 0.0734. The van der Waals surface area contributed by atoms with Gasteiger partial charge in [0.15, 0.2) is 0 Å². The molecule has 1 saturated carbocycles. The van der Waals surface area contributed by atoms with Crippen molar-refractivity contribution in [2.24, 2.45) is 10.8 Å². The molecule has 24 heavy (non-hydrogen) atoms. The highest BCUT2D eigenvalue weighted by molar-refractivity contribution is 5.77. The van der Waals surface area contributed by atoms with Crippen LogP contribution < -0.4 is 10.6 Å². The Bertz CT molecular complexity index is 535. The SMILES string of the molecule is CC1CN1C(=O)NCC1(C)CC(NC(=O)N2CC2C)CC(C)(C)C1. The zero-order chi connectivity index (χ0) is 17.7. The number of amides is 4. The summed E-state index contributed by atoms with van der Waals surface area (Å²) in [6.07, 6.45) is 2.97. The summed E-state index contributed by atoms with van der Waals surface area (Å²) in [6, 6.07) is 1.04. The van der Waals surface area contributed by atoms with E-state index in [1.165, 1.54) is 0 Å². The van der Waals surface area contributed by atoms with E-state index < -0.39 is 0 Å². The third-order valence-electron chi connectivity index (χ3n) is 5.68. The summed E-state index contributed by atoms with van der Waals surface area (Å²) in [5.41, 5.74) is 0.173. The van der Waals surface area contributed by atoms with E-state index in [0.29, 0.717) is 18.6 Å². The maximum absolute atomic E-state index is 12.2. The standard InChI is InChI=1S/C18H32N4O2/c1-12-8-21(12)15(23)19-11-18(5)7-14(6-17(3,4)10-18)20-16(24)22-9-13(22)2/h12-14H,6-11H2,1-5H3,(H,19,23)(H,20,24). The molecule has 136 valence electrons. The Kier molecular flexibility index (Phi) is 4.21. The fourth-order valence-corrected chi connectivity index (χ4v) is 4.56. The molecule has 4 amide bonds. The summed E-state index contributed by atoms with van der Waals surface area (Å²) in [6.45, 7) is 13.3. The molecule has 0 aromatic carbocycles. The van der Waals surface area contributed by atoms with E-state index in [1.54, 1.807) is 0 Å². The van der Waals surface area contributed by atoms with Crippen molar-refractivity contribution in [1.82, 2.24) is 20.4 Å². The number of hydrogen-bond acceptors (Lipinski definition) is 2. The van der Waals surface area contributed by atoms with Gasteiger partial charge in [0.05, 0.1) is 0 Å². The molecule has 0 spiro atoms. The van der Waals surface area contributed by atoms with Gasteiger partial charge < -0.3 is 20.4 Å². The van der Waals surface area contributed by atoms with Crippen LogP contribution in [0.2, 0.25) is 0 Å². The quantitative estimate of drug-likeness (QED) is 0.777. The van der Waals surface area contributed by atoms with Crippen LogP contribution in [0.3, 0.4) is 0 Å². The maximum atomic E-state index is 12.2. The predicted molar refractivity (Wildman–Crippen MR) is 93.8 cm³/mol. The third-order valence-corrected chi connectivity index (χ3v) is 5.68. The Morgan fingerprint density at radius 1 is 1.00 bits per heavy atom. The van der Waals surface area contributed by atoms with Gasteiger partial charge in [0.1, 0.15) is 0 Å². The number of nitrogens with one attached hydrogen (secondary N) is 2. The molecule has 2 heterocycles. The first-order valence-corrected chi connectivity index (χ1v) is 9.20. The fraction of sp³-hybridized carbons (Fsp3) is 0.889. The first-order valence-electron chi connectivity index (χ1n) is 9.20. The summed E-state index contributed by atoms with van der Waals surface area (Å²) in [5, 5.41) is 6.32. The van der Waals surface area contributed by atoms with Crippen molar-refractivity contribution in [3.05, 3.63) is 0 Å². The molecule has 0 bridgehead atoms. The van der Waals surface area contributed by atoms with Gasteiger partial charge >= 0.3 is 12.1 Å². The first-order chi connectivity index (χ1) is 11.1. The minimum absolute atomic E-state index is 0.0130. The smallest absolute Gasteiger partial charge is 0.317 e. The lowest BCUT2D eigenvalue weighted by Gasteiger charge is -2.47. The molecule has 0 aromatic rings. The van der Waals surface area contributed by atoms with Crippen molar-refractivity contribution < 1.29 is 9.59 Å². The van der Waals surface area contributed by atoms with E-state index in [9.17, 15) is 9.59 Å². The molecular formula is C18H32N4O2. The summed E-state index contributed by atoms with van der Waals surface area (Å²) >= 11 is 0. The largest absolute Gasteiger partial charge is 0.337 e. The lowest BCUT2D eigenvalue weighted by Crippen LogP contribution is -2.51. The summed E-state index contributed by atoms with van der Waals surface area (Å²) in [7, 11) is 0. The monoisotopic (exact) mass is 336 g/mol. The first kappa shape index (κ1) is 17.4.